The molecule has 3 aliphatic rings. The molecule has 2 aromatic heterocycles. The number of rotatable bonds is 7. The molecule has 3 aliphatic heterocycles. The zero-order chi connectivity index (χ0) is 23.7. The van der Waals surface area contributed by atoms with Crippen LogP contribution < -0.4 is 15.0 Å². The van der Waals surface area contributed by atoms with E-state index in [1.54, 1.807) is 0 Å². The SMILES string of the molecule is CCC(=O)N1[C@@H]2CCC[C@H]1C[C@@H](N(C)c1nc(Nc3cc(C)[nH]n3)cc(OC3CCOC3)n1)C2. The van der Waals surface area contributed by atoms with E-state index in [2.05, 4.69) is 32.4 Å². The Balaban J connectivity index is 1.38. The summed E-state index contributed by atoms with van der Waals surface area (Å²) in [5.74, 6) is 2.75. The van der Waals surface area contributed by atoms with Gasteiger partial charge in [0.05, 0.1) is 13.2 Å². The van der Waals surface area contributed by atoms with Gasteiger partial charge in [-0.2, -0.15) is 15.1 Å². The van der Waals surface area contributed by atoms with Crippen LogP contribution in [0.5, 0.6) is 5.88 Å². The number of aromatic amines is 1. The predicted molar refractivity (Wildman–Crippen MR) is 128 cm³/mol. The van der Waals surface area contributed by atoms with Gasteiger partial charge >= 0.3 is 0 Å². The number of hydrogen-bond donors (Lipinski definition) is 2. The summed E-state index contributed by atoms with van der Waals surface area (Å²) in [5.41, 5.74) is 0.966. The summed E-state index contributed by atoms with van der Waals surface area (Å²) in [5, 5.41) is 10.5. The van der Waals surface area contributed by atoms with Gasteiger partial charge in [0.2, 0.25) is 17.7 Å². The average Bonchev–Trinajstić information content (AvgIpc) is 3.48. The van der Waals surface area contributed by atoms with Gasteiger partial charge in [-0.25, -0.2) is 0 Å². The first kappa shape index (κ1) is 22.9. The Kier molecular flexibility index (Phi) is 6.58. The van der Waals surface area contributed by atoms with E-state index in [1.807, 2.05) is 26.0 Å². The smallest absolute Gasteiger partial charge is 0.230 e. The molecule has 10 heteroatoms. The highest BCUT2D eigenvalue weighted by Gasteiger charge is 2.41. The van der Waals surface area contributed by atoms with Crippen LogP contribution in [0.2, 0.25) is 0 Å². The molecule has 4 atom stereocenters. The molecule has 5 rings (SSSR count). The van der Waals surface area contributed by atoms with Crippen molar-refractivity contribution >= 4 is 23.5 Å². The van der Waals surface area contributed by atoms with Crippen molar-refractivity contribution in [1.29, 1.82) is 0 Å². The zero-order valence-corrected chi connectivity index (χ0v) is 20.3. The van der Waals surface area contributed by atoms with Crippen molar-refractivity contribution in [2.75, 3.05) is 30.5 Å². The van der Waals surface area contributed by atoms with E-state index < -0.39 is 0 Å². The molecule has 10 nitrogen and oxygen atoms in total. The third-order valence-corrected chi connectivity index (χ3v) is 7.23. The summed E-state index contributed by atoms with van der Waals surface area (Å²) in [7, 11) is 2.05. The first-order chi connectivity index (χ1) is 16.5. The van der Waals surface area contributed by atoms with Gasteiger partial charge in [-0.1, -0.05) is 6.92 Å². The van der Waals surface area contributed by atoms with Crippen LogP contribution in [0.3, 0.4) is 0 Å². The van der Waals surface area contributed by atoms with Gasteiger partial charge in [0.1, 0.15) is 11.9 Å². The second-order valence-corrected chi connectivity index (χ2v) is 9.69. The molecule has 34 heavy (non-hydrogen) atoms. The third-order valence-electron chi connectivity index (χ3n) is 7.23. The fourth-order valence-electron chi connectivity index (χ4n) is 5.51. The molecule has 0 radical (unpaired) electrons. The molecule has 2 N–H and O–H groups in total. The van der Waals surface area contributed by atoms with Crippen LogP contribution in [0.25, 0.3) is 0 Å². The number of anilines is 3. The summed E-state index contributed by atoms with van der Waals surface area (Å²) < 4.78 is 11.6. The molecule has 1 unspecified atom stereocenters. The molecule has 3 fully saturated rings. The van der Waals surface area contributed by atoms with Crippen molar-refractivity contribution in [3.8, 4) is 5.88 Å². The van der Waals surface area contributed by atoms with Gasteiger partial charge in [-0.15, -0.1) is 0 Å². The van der Waals surface area contributed by atoms with E-state index in [4.69, 9.17) is 19.4 Å². The molecule has 5 heterocycles. The number of H-pyrrole nitrogens is 1. The number of aromatic nitrogens is 4. The second kappa shape index (κ2) is 9.77. The Labute approximate surface area is 200 Å². The van der Waals surface area contributed by atoms with Crippen LogP contribution >= 0.6 is 0 Å². The lowest BCUT2D eigenvalue weighted by Crippen LogP contribution is -2.58. The number of carbonyl (C=O) groups excluding carboxylic acids is 1. The minimum Gasteiger partial charge on any atom is -0.472 e. The minimum absolute atomic E-state index is 0.00353. The molecule has 2 aromatic rings. The zero-order valence-electron chi connectivity index (χ0n) is 20.3. The Bertz CT molecular complexity index is 992. The maximum atomic E-state index is 12.6. The van der Waals surface area contributed by atoms with Crippen LogP contribution in [-0.2, 0) is 9.53 Å². The Hall–Kier alpha value is -2.88. The summed E-state index contributed by atoms with van der Waals surface area (Å²) in [6, 6.07) is 4.61. The summed E-state index contributed by atoms with van der Waals surface area (Å²) in [4.78, 5) is 26.5. The maximum absolute atomic E-state index is 12.6. The van der Waals surface area contributed by atoms with Crippen molar-refractivity contribution in [3.05, 3.63) is 17.8 Å². The highest BCUT2D eigenvalue weighted by atomic mass is 16.5. The predicted octanol–water partition coefficient (Wildman–Crippen LogP) is 3.18. The van der Waals surface area contributed by atoms with Gasteiger partial charge < -0.3 is 24.6 Å². The van der Waals surface area contributed by atoms with E-state index in [-0.39, 0.29) is 18.1 Å². The number of ether oxygens (including phenoxy) is 2. The standard InChI is InChI=1S/C24H35N7O3/c1-4-23(32)31-16-6-5-7-17(31)12-18(11-16)30(3)24-26-20(25-21-10-15(2)28-29-21)13-22(27-24)34-19-8-9-33-14-19/h10,13,16-19H,4-9,11-12,14H2,1-3H3,(H2,25,26,27,28,29)/t16-,17+,18+,19?. The van der Waals surface area contributed by atoms with E-state index >= 15 is 0 Å². The van der Waals surface area contributed by atoms with Gasteiger partial charge in [-0.3, -0.25) is 9.89 Å². The average molecular weight is 470 g/mol. The van der Waals surface area contributed by atoms with E-state index in [0.717, 1.165) is 37.8 Å². The molecule has 1 amide bonds. The van der Waals surface area contributed by atoms with Gasteiger partial charge in [-0.05, 0) is 39.0 Å². The van der Waals surface area contributed by atoms with Gasteiger partial charge in [0, 0.05) is 55.8 Å². The van der Waals surface area contributed by atoms with Crippen molar-refractivity contribution in [3.63, 3.8) is 0 Å². The molecule has 0 aromatic carbocycles. The molecular weight excluding hydrogens is 434 g/mol. The number of nitrogens with one attached hydrogen (secondary N) is 2. The van der Waals surface area contributed by atoms with Crippen LogP contribution in [0, 0.1) is 6.92 Å². The van der Waals surface area contributed by atoms with Crippen LogP contribution in [-0.4, -0.2) is 75.5 Å². The number of aryl methyl sites for hydroxylation is 1. The topological polar surface area (TPSA) is 109 Å². The van der Waals surface area contributed by atoms with E-state index in [0.29, 0.717) is 55.2 Å². The normalized spacial score (nSPS) is 26.4. The Morgan fingerprint density at radius 1 is 1.24 bits per heavy atom. The lowest BCUT2D eigenvalue weighted by atomic mass is 9.81. The lowest BCUT2D eigenvalue weighted by molar-refractivity contribution is -0.140. The molecule has 0 aliphatic carbocycles. The highest BCUT2D eigenvalue weighted by Crippen LogP contribution is 2.37. The second-order valence-electron chi connectivity index (χ2n) is 9.69. The number of fused-ring (bicyclic) bond motifs is 2. The van der Waals surface area contributed by atoms with Crippen LogP contribution in [0.4, 0.5) is 17.6 Å². The third kappa shape index (κ3) is 4.82. The van der Waals surface area contributed by atoms with Crippen molar-refractivity contribution in [2.45, 2.75) is 83.0 Å². The van der Waals surface area contributed by atoms with Gasteiger partial charge in [0.25, 0.3) is 0 Å². The molecular formula is C24H35N7O3. The van der Waals surface area contributed by atoms with E-state index in [9.17, 15) is 4.79 Å². The van der Waals surface area contributed by atoms with Crippen LogP contribution in [0.1, 0.15) is 57.6 Å². The van der Waals surface area contributed by atoms with Crippen molar-refractivity contribution in [2.24, 2.45) is 0 Å². The number of hydrogen-bond acceptors (Lipinski definition) is 8. The number of amides is 1. The number of piperidine rings is 2. The largest absolute Gasteiger partial charge is 0.472 e. The molecule has 3 saturated heterocycles. The fourth-order valence-corrected chi connectivity index (χ4v) is 5.51. The molecule has 0 spiro atoms. The van der Waals surface area contributed by atoms with E-state index in [1.165, 1.54) is 6.42 Å². The van der Waals surface area contributed by atoms with Gasteiger partial charge in [0.15, 0.2) is 5.82 Å². The Morgan fingerprint density at radius 3 is 2.68 bits per heavy atom. The van der Waals surface area contributed by atoms with Crippen molar-refractivity contribution < 1.29 is 14.3 Å². The molecule has 0 saturated carbocycles. The van der Waals surface area contributed by atoms with Crippen LogP contribution in [0.15, 0.2) is 12.1 Å². The number of carbonyl (C=O) groups is 1. The maximum Gasteiger partial charge on any atom is 0.230 e. The lowest BCUT2D eigenvalue weighted by Gasteiger charge is -2.50. The molecule has 184 valence electrons. The summed E-state index contributed by atoms with van der Waals surface area (Å²) in [6.07, 6.45) is 6.63. The minimum atomic E-state index is -0.00353. The van der Waals surface area contributed by atoms with Crippen molar-refractivity contribution in [1.82, 2.24) is 25.1 Å². The molecule has 2 bridgehead atoms. The Morgan fingerprint density at radius 2 is 2.03 bits per heavy atom. The number of nitrogens with zero attached hydrogens (tertiary/aromatic N) is 5. The monoisotopic (exact) mass is 469 g/mol. The first-order valence-corrected chi connectivity index (χ1v) is 12.5. The quantitative estimate of drug-likeness (QED) is 0.637. The highest BCUT2D eigenvalue weighted by molar-refractivity contribution is 5.77. The first-order valence-electron chi connectivity index (χ1n) is 12.5. The fraction of sp³-hybridized carbons (Fsp3) is 0.667. The summed E-state index contributed by atoms with van der Waals surface area (Å²) >= 11 is 0. The summed E-state index contributed by atoms with van der Waals surface area (Å²) in [6.45, 7) is 5.20.